The van der Waals surface area contributed by atoms with Crippen LogP contribution in [0.25, 0.3) is 0 Å². The van der Waals surface area contributed by atoms with E-state index < -0.39 is 77.3 Å². The van der Waals surface area contributed by atoms with Crippen LogP contribution >= 0.6 is 79.6 Å². The molecule has 4 amide bonds. The number of aliphatic hydroxyl groups excluding tert-OH is 2. The third kappa shape index (κ3) is 28.5. The summed E-state index contributed by atoms with van der Waals surface area (Å²) in [7, 11) is 0. The maximum Gasteiger partial charge on any atom is 0.303 e. The Labute approximate surface area is 647 Å². The van der Waals surface area contributed by atoms with Gasteiger partial charge in [-0.3, -0.25) is 59.6 Å². The number of carbonyl (C=O) groups excluding carboxylic acids is 8. The molecule has 11 rings (SSSR count). The molecule has 0 aliphatic rings. The van der Waals surface area contributed by atoms with Gasteiger partial charge in [0, 0.05) is 76.0 Å². The lowest BCUT2D eigenvalue weighted by atomic mass is 10.1. The molecule has 5 atom stereocenters. The summed E-state index contributed by atoms with van der Waals surface area (Å²) >= 11 is 13.2. The number of aromatic nitrogens is 12. The highest BCUT2D eigenvalue weighted by molar-refractivity contribution is 7.16. The van der Waals surface area contributed by atoms with Gasteiger partial charge in [0.2, 0.25) is 49.1 Å². The van der Waals surface area contributed by atoms with Crippen LogP contribution in [0.1, 0.15) is 148 Å². The number of hydrogen-bond donors (Lipinski definition) is 8. The van der Waals surface area contributed by atoms with E-state index >= 15 is 0 Å². The number of unbranched alkanes of at least 4 members (excludes halogenated alkanes) is 3. The van der Waals surface area contributed by atoms with Crippen molar-refractivity contribution in [3.05, 3.63) is 210 Å². The Hall–Kier alpha value is -10.8. The van der Waals surface area contributed by atoms with Crippen molar-refractivity contribution in [2.45, 2.75) is 128 Å². The monoisotopic (exact) mass is 1600 g/mol. The number of aryl methyl sites for hydroxylation is 6. The predicted octanol–water partition coefficient (Wildman–Crippen LogP) is 10.9. The van der Waals surface area contributed by atoms with Crippen LogP contribution < -0.4 is 32.7 Å². The number of nitrogens with zero attached hydrogens (tertiary/aromatic N) is 12. The molecule has 0 aliphatic heterocycles. The highest BCUT2D eigenvalue weighted by Crippen LogP contribution is 2.29. The molecular weight excluding hydrogens is 1530 g/mol. The number of nitrogen functional groups attached to an aromatic ring is 2. The number of esters is 3. The highest BCUT2D eigenvalue weighted by Gasteiger charge is 2.28. The summed E-state index contributed by atoms with van der Waals surface area (Å²) in [5, 5.41) is 85.6. The molecule has 6 heterocycles. The average molecular weight is 1600 g/mol. The molecule has 10 N–H and O–H groups in total. The number of benzene rings is 5. The molecule has 0 unspecified atom stereocenters. The molecule has 5 aromatic carbocycles. The van der Waals surface area contributed by atoms with E-state index in [1.165, 1.54) is 88.8 Å². The molecule has 0 bridgehead atoms. The fraction of sp³-hybridized carbons (Fsp3) is 0.286. The summed E-state index contributed by atoms with van der Waals surface area (Å²) in [6, 6.07) is 43.5. The summed E-state index contributed by atoms with van der Waals surface area (Å²) in [6.45, 7) is 3.73. The first-order chi connectivity index (χ1) is 52.1. The van der Waals surface area contributed by atoms with Gasteiger partial charge in [0.1, 0.15) is 30.0 Å². The van der Waals surface area contributed by atoms with Gasteiger partial charge >= 0.3 is 17.9 Å². The van der Waals surface area contributed by atoms with Gasteiger partial charge < -0.3 is 35.9 Å². The summed E-state index contributed by atoms with van der Waals surface area (Å²) in [6.07, 6.45) is 4.05. The number of nitrogens with one attached hydrogen (secondary N) is 4. The number of amides is 4. The van der Waals surface area contributed by atoms with Crippen LogP contribution in [-0.2, 0) is 91.1 Å². The summed E-state index contributed by atoms with van der Waals surface area (Å²) < 4.78 is 15.2. The topological polar surface area (TPSA) is 460 Å². The summed E-state index contributed by atoms with van der Waals surface area (Å²) in [5.74, 6) is -3.81. The Morgan fingerprint density at radius 3 is 0.796 bits per heavy atom. The van der Waals surface area contributed by atoms with Gasteiger partial charge in [0.25, 0.3) is 28.9 Å². The molecule has 11 aromatic rings. The number of carbonyl (C=O) groups is 8. The van der Waals surface area contributed by atoms with Crippen LogP contribution in [0.2, 0.25) is 0 Å². The number of halogens is 1. The predicted molar refractivity (Wildman–Crippen MR) is 409 cm³/mol. The van der Waals surface area contributed by atoms with Crippen molar-refractivity contribution in [3.63, 3.8) is 0 Å². The maximum atomic E-state index is 12.8. The molecule has 0 radical (unpaired) electrons. The molecule has 0 spiro atoms. The van der Waals surface area contributed by atoms with Crippen LogP contribution in [0.4, 0.5) is 30.8 Å². The van der Waals surface area contributed by atoms with Gasteiger partial charge in [0.15, 0.2) is 12.2 Å². The minimum absolute atomic E-state index is 0.315. The first-order valence-corrected chi connectivity index (χ1v) is 38.4. The fourth-order valence-corrected chi connectivity index (χ4v) is 14.1. The highest BCUT2D eigenvalue weighted by atomic mass is 35.5. The second-order valence-corrected chi connectivity index (χ2v) is 29.6. The number of rotatable bonds is 32. The van der Waals surface area contributed by atoms with Gasteiger partial charge in [-0.15, -0.1) is 61.2 Å². The average Bonchev–Trinajstić information content (AvgIpc) is 1.13. The first kappa shape index (κ1) is 82.9. The Morgan fingerprint density at radius 2 is 0.556 bits per heavy atom. The van der Waals surface area contributed by atoms with Crippen molar-refractivity contribution in [1.82, 2.24) is 61.2 Å². The zero-order valence-electron chi connectivity index (χ0n) is 58.0. The molecule has 38 heteroatoms. The van der Waals surface area contributed by atoms with Crippen LogP contribution in [0.3, 0.4) is 0 Å². The molecule has 108 heavy (non-hydrogen) atoms. The Bertz CT molecular complexity index is 4400. The number of anilines is 6. The minimum Gasteiger partial charge on any atom is -0.448 e. The molecule has 0 saturated carbocycles. The molecule has 564 valence electrons. The van der Waals surface area contributed by atoms with Crippen LogP contribution in [-0.4, -0.2) is 118 Å². The SMILES string of the molecule is CC(=O)O[C@H](C(=O)Cl)c1ccccc1.CC(=O)O[C@H](C(=O)Nc1nnc(CCCCc2nnc(NC(=O)[C@@H](OC(C)=O)c3ccccc3)s2)s1)c1ccccc1.Nc1nnc(CCCCc2nnc(N)s2)s1.O=C(Nc1nnc(CCCCc2nnc(NC(=O)[C@@H](O)c3ccccc3)s2)s1)[C@@H](O)c1ccccc1. The normalized spacial score (nSPS) is 12.1. The van der Waals surface area contributed by atoms with Crippen LogP contribution in [0, 0.1) is 0 Å². The van der Waals surface area contributed by atoms with Gasteiger partial charge in [-0.2, -0.15) is 0 Å². The second-order valence-electron chi connectivity index (χ2n) is 22.8. The lowest BCUT2D eigenvalue weighted by molar-refractivity contribution is -0.152. The number of aliphatic hydroxyl groups is 2. The Kier molecular flexibility index (Phi) is 33.6. The largest absolute Gasteiger partial charge is 0.448 e. The van der Waals surface area contributed by atoms with Gasteiger partial charge in [0.05, 0.1) is 0 Å². The van der Waals surface area contributed by atoms with Gasteiger partial charge in [-0.25, -0.2) is 0 Å². The molecule has 31 nitrogen and oxygen atoms in total. The molecule has 6 aromatic heterocycles. The maximum absolute atomic E-state index is 12.8. The van der Waals surface area contributed by atoms with Crippen molar-refractivity contribution >= 4 is 157 Å². The number of nitrogens with two attached hydrogens (primary N) is 2. The van der Waals surface area contributed by atoms with Crippen molar-refractivity contribution in [3.8, 4) is 0 Å². The first-order valence-electron chi connectivity index (χ1n) is 33.1. The van der Waals surface area contributed by atoms with E-state index in [1.807, 2.05) is 12.1 Å². The van der Waals surface area contributed by atoms with E-state index in [1.54, 1.807) is 140 Å². The smallest absolute Gasteiger partial charge is 0.303 e. The lowest BCUT2D eigenvalue weighted by Crippen LogP contribution is -2.25. The van der Waals surface area contributed by atoms with Gasteiger partial charge in [-0.05, 0) is 61.3 Å². The number of hydrogen-bond acceptors (Lipinski definition) is 33. The molecule has 0 fully saturated rings. The van der Waals surface area contributed by atoms with Crippen molar-refractivity contribution < 1.29 is 62.8 Å². The Balaban J connectivity index is 0.000000199. The van der Waals surface area contributed by atoms with Crippen molar-refractivity contribution in [2.75, 3.05) is 32.7 Å². The number of ether oxygens (including phenoxy) is 3. The van der Waals surface area contributed by atoms with E-state index in [0.29, 0.717) is 84.3 Å². The zero-order valence-corrected chi connectivity index (χ0v) is 63.7. The summed E-state index contributed by atoms with van der Waals surface area (Å²) in [5.41, 5.74) is 13.7. The Morgan fingerprint density at radius 1 is 0.333 bits per heavy atom. The third-order valence-electron chi connectivity index (χ3n) is 14.4. The van der Waals surface area contributed by atoms with E-state index in [2.05, 4.69) is 82.5 Å². The minimum atomic E-state index is -1.28. The zero-order chi connectivity index (χ0) is 77.2. The van der Waals surface area contributed by atoms with E-state index in [9.17, 15) is 48.6 Å². The third-order valence-corrected chi connectivity index (χ3v) is 19.8. The molecular formula is C70H73ClN18O13S6. The van der Waals surface area contributed by atoms with E-state index in [4.69, 9.17) is 37.3 Å². The van der Waals surface area contributed by atoms with E-state index in [0.717, 1.165) is 81.4 Å². The van der Waals surface area contributed by atoms with Crippen LogP contribution in [0.15, 0.2) is 152 Å². The van der Waals surface area contributed by atoms with Crippen molar-refractivity contribution in [2.24, 2.45) is 0 Å². The standard InChI is InChI=1S/C28H28N6O6S2.C24H24N6O4S2.C10H9ClO3.C8H12N6S2/c1-17(35)39-23(19-11-5-3-6-12-19)25(37)29-27-33-31-21(41-27)15-9-10-16-22-32-34-28(42-22)30-26(38)24(40-18(2)36)20-13-7-4-8-14-20;31-19(15-9-3-1-4-10-15)21(33)25-23-29-27-17(35-23)13-7-8-14-18-28-30-24(36-18)26-22(34)20(32)16-11-5-2-6-12-16;1-7(12)14-9(10(11)13)8-5-3-2-4-6-8;9-7-13-11-5(15-7)3-1-2-4-6-12-14-8(10)16-6/h3-8,11-14,23-24H,9-10,15-16H2,1-2H3,(H,29,33,37)(H,30,34,38);1-6,9-12,19-20,31-32H,7-8,13-14H2,(H,25,29,33)(H,26,30,34);2-6,9H,1H3;1-4H2,(H2,9,13)(H2,10,14)/t23-,24-;19-,20-;9-;/m000./s1. The quantitative estimate of drug-likeness (QED) is 0.00840. The van der Waals surface area contributed by atoms with Crippen molar-refractivity contribution in [1.29, 1.82) is 0 Å². The summed E-state index contributed by atoms with van der Waals surface area (Å²) in [4.78, 5) is 94.8. The molecule has 0 saturated heterocycles. The van der Waals surface area contributed by atoms with E-state index in [-0.39, 0.29) is 0 Å². The molecule has 0 aliphatic carbocycles. The van der Waals surface area contributed by atoms with Crippen LogP contribution in [0.5, 0.6) is 0 Å². The fourth-order valence-electron chi connectivity index (χ4n) is 9.45. The second kappa shape index (κ2) is 43.8. The lowest BCUT2D eigenvalue weighted by Gasteiger charge is -2.15. The van der Waals surface area contributed by atoms with Gasteiger partial charge in [-0.1, -0.05) is 220 Å².